The maximum atomic E-state index is 5.83. The molecule has 0 fully saturated rings. The molecule has 3 N–H and O–H groups in total. The van der Waals surface area contributed by atoms with Gasteiger partial charge in [0.05, 0.1) is 12.6 Å². The van der Waals surface area contributed by atoms with Crippen LogP contribution in [-0.2, 0) is 0 Å². The number of rotatable bonds is 3. The Morgan fingerprint density at radius 1 is 1.29 bits per heavy atom. The maximum absolute atomic E-state index is 5.83. The molecule has 3 nitrogen and oxygen atoms in total. The minimum absolute atomic E-state index is 0.213. The molecule has 1 unspecified atom stereocenters. The van der Waals surface area contributed by atoms with E-state index in [1.54, 1.807) is 0 Å². The van der Waals surface area contributed by atoms with Gasteiger partial charge < -0.3 is 15.8 Å². The zero-order valence-electron chi connectivity index (χ0n) is 11.9. The third-order valence-corrected chi connectivity index (χ3v) is 3.95. The maximum Gasteiger partial charge on any atom is 0.124 e. The zero-order valence-corrected chi connectivity index (χ0v) is 12.7. The van der Waals surface area contributed by atoms with Crippen molar-refractivity contribution in [1.82, 2.24) is 0 Å². The average Bonchev–Trinajstić information content (AvgIpc) is 2.47. The number of anilines is 1. The van der Waals surface area contributed by atoms with Crippen molar-refractivity contribution in [2.75, 3.05) is 11.9 Å². The number of nitrogens with one attached hydrogen (secondary N) is 1. The summed E-state index contributed by atoms with van der Waals surface area (Å²) in [5.41, 5.74) is 10.1. The van der Waals surface area contributed by atoms with Gasteiger partial charge in [0.25, 0.3) is 0 Å². The molecule has 0 radical (unpaired) electrons. The minimum Gasteiger partial charge on any atom is -0.493 e. The fraction of sp³-hybridized carbons (Fsp3) is 0.235. The van der Waals surface area contributed by atoms with Gasteiger partial charge in [-0.2, -0.15) is 0 Å². The Labute approximate surface area is 130 Å². The van der Waals surface area contributed by atoms with Crippen LogP contribution in [0.5, 0.6) is 5.75 Å². The minimum atomic E-state index is 0.213. The number of thiocarbonyl (C=S) groups is 1. The van der Waals surface area contributed by atoms with Crippen LogP contribution in [0.15, 0.2) is 42.5 Å². The van der Waals surface area contributed by atoms with E-state index in [9.17, 15) is 0 Å². The molecule has 1 aliphatic rings. The Hall–Kier alpha value is -2.07. The van der Waals surface area contributed by atoms with Crippen LogP contribution in [0.4, 0.5) is 5.69 Å². The fourth-order valence-corrected chi connectivity index (χ4v) is 2.85. The average molecular weight is 298 g/mol. The molecule has 0 aromatic heterocycles. The van der Waals surface area contributed by atoms with Crippen molar-refractivity contribution >= 4 is 22.9 Å². The van der Waals surface area contributed by atoms with Gasteiger partial charge in [-0.3, -0.25) is 0 Å². The van der Waals surface area contributed by atoms with E-state index in [1.165, 1.54) is 11.1 Å². The van der Waals surface area contributed by atoms with Crippen LogP contribution in [0.3, 0.4) is 0 Å². The molecule has 0 saturated heterocycles. The van der Waals surface area contributed by atoms with Crippen LogP contribution in [0.25, 0.3) is 0 Å². The topological polar surface area (TPSA) is 47.3 Å². The summed E-state index contributed by atoms with van der Waals surface area (Å²) in [4.78, 5) is 0.415. The molecule has 1 atom stereocenters. The lowest BCUT2D eigenvalue weighted by atomic mass is 9.99. The summed E-state index contributed by atoms with van der Waals surface area (Å²) in [6, 6.07) is 14.4. The summed E-state index contributed by atoms with van der Waals surface area (Å²) in [6.45, 7) is 2.77. The van der Waals surface area contributed by atoms with Gasteiger partial charge in [-0.15, -0.1) is 0 Å². The van der Waals surface area contributed by atoms with Gasteiger partial charge in [0.1, 0.15) is 10.7 Å². The van der Waals surface area contributed by atoms with E-state index in [-0.39, 0.29) is 6.04 Å². The van der Waals surface area contributed by atoms with Crippen molar-refractivity contribution < 1.29 is 4.74 Å². The Bertz CT molecular complexity index is 684. The molecule has 2 aromatic rings. The van der Waals surface area contributed by atoms with E-state index in [4.69, 9.17) is 22.7 Å². The van der Waals surface area contributed by atoms with Gasteiger partial charge in [0, 0.05) is 23.2 Å². The zero-order chi connectivity index (χ0) is 14.8. The molecule has 3 rings (SSSR count). The molecule has 21 heavy (non-hydrogen) atoms. The smallest absolute Gasteiger partial charge is 0.124 e. The Balaban J connectivity index is 1.95. The van der Waals surface area contributed by atoms with Crippen LogP contribution in [0, 0.1) is 6.92 Å². The third-order valence-electron chi connectivity index (χ3n) is 3.73. The molecule has 1 heterocycles. The Morgan fingerprint density at radius 3 is 2.90 bits per heavy atom. The van der Waals surface area contributed by atoms with Crippen LogP contribution in [0.2, 0.25) is 0 Å². The van der Waals surface area contributed by atoms with Gasteiger partial charge in [0.15, 0.2) is 0 Å². The van der Waals surface area contributed by atoms with Gasteiger partial charge >= 0.3 is 0 Å². The molecule has 0 aliphatic carbocycles. The Morgan fingerprint density at radius 2 is 2.10 bits per heavy atom. The number of ether oxygens (including phenoxy) is 1. The highest BCUT2D eigenvalue weighted by atomic mass is 32.1. The van der Waals surface area contributed by atoms with Crippen molar-refractivity contribution in [3.8, 4) is 5.75 Å². The number of nitrogens with two attached hydrogens (primary N) is 1. The van der Waals surface area contributed by atoms with E-state index in [0.29, 0.717) is 11.6 Å². The highest BCUT2D eigenvalue weighted by Gasteiger charge is 2.21. The molecule has 4 heteroatoms. The summed E-state index contributed by atoms with van der Waals surface area (Å²) in [7, 11) is 0. The van der Waals surface area contributed by atoms with Gasteiger partial charge in [-0.05, 0) is 30.7 Å². The predicted molar refractivity (Wildman–Crippen MR) is 90.0 cm³/mol. The summed E-state index contributed by atoms with van der Waals surface area (Å²) in [5.74, 6) is 0.950. The van der Waals surface area contributed by atoms with Gasteiger partial charge in [-0.25, -0.2) is 0 Å². The summed E-state index contributed by atoms with van der Waals surface area (Å²) in [6.07, 6.45) is 0.918. The second-order valence-electron chi connectivity index (χ2n) is 5.29. The largest absolute Gasteiger partial charge is 0.493 e. The van der Waals surface area contributed by atoms with Gasteiger partial charge in [0.2, 0.25) is 0 Å². The summed E-state index contributed by atoms with van der Waals surface area (Å²) >= 11 is 5.15. The normalized spacial score (nSPS) is 16.7. The molecular formula is C17H18N2OS. The standard InChI is InChI=1S/C17H18N2OS/c1-11-6-7-13(17(18)21)15(10-11)19-14-8-9-20-16-5-3-2-4-12(14)16/h2-7,10,14,19H,8-9H2,1H3,(H2,18,21). The molecule has 0 amide bonds. The number of fused-ring (bicyclic) bond motifs is 1. The first-order valence-corrected chi connectivity index (χ1v) is 7.44. The molecule has 2 aromatic carbocycles. The first-order valence-electron chi connectivity index (χ1n) is 7.04. The van der Waals surface area contributed by atoms with Crippen LogP contribution in [0.1, 0.15) is 29.2 Å². The summed E-state index contributed by atoms with van der Waals surface area (Å²) in [5, 5.41) is 3.58. The van der Waals surface area contributed by atoms with Crippen molar-refractivity contribution in [3.63, 3.8) is 0 Å². The van der Waals surface area contributed by atoms with Crippen molar-refractivity contribution in [1.29, 1.82) is 0 Å². The fourth-order valence-electron chi connectivity index (χ4n) is 2.67. The summed E-state index contributed by atoms with van der Waals surface area (Å²) < 4.78 is 5.70. The number of hydrogen-bond donors (Lipinski definition) is 2. The predicted octanol–water partition coefficient (Wildman–Crippen LogP) is 3.56. The monoisotopic (exact) mass is 298 g/mol. The number of para-hydroxylation sites is 1. The molecule has 1 aliphatic heterocycles. The molecular weight excluding hydrogens is 280 g/mol. The SMILES string of the molecule is Cc1ccc(C(N)=S)c(NC2CCOc3ccccc32)c1. The molecule has 108 valence electrons. The lowest BCUT2D eigenvalue weighted by Crippen LogP contribution is -2.22. The van der Waals surface area contributed by atoms with E-state index >= 15 is 0 Å². The van der Waals surface area contributed by atoms with Crippen molar-refractivity contribution in [3.05, 3.63) is 59.2 Å². The van der Waals surface area contributed by atoms with Crippen molar-refractivity contribution in [2.24, 2.45) is 5.73 Å². The van der Waals surface area contributed by atoms with Gasteiger partial charge in [-0.1, -0.05) is 36.5 Å². The first-order chi connectivity index (χ1) is 10.1. The molecule has 0 bridgehead atoms. The third kappa shape index (κ3) is 2.85. The number of aryl methyl sites for hydroxylation is 1. The first kappa shape index (κ1) is 13.9. The highest BCUT2D eigenvalue weighted by molar-refractivity contribution is 7.80. The van der Waals surface area contributed by atoms with Crippen LogP contribution in [-0.4, -0.2) is 11.6 Å². The Kier molecular flexibility index (Phi) is 3.80. The quantitative estimate of drug-likeness (QED) is 0.851. The van der Waals surface area contributed by atoms with E-state index < -0.39 is 0 Å². The van der Waals surface area contributed by atoms with E-state index in [1.807, 2.05) is 30.3 Å². The van der Waals surface area contributed by atoms with Crippen molar-refractivity contribution in [2.45, 2.75) is 19.4 Å². The van der Waals surface area contributed by atoms with Crippen LogP contribution < -0.4 is 15.8 Å². The lowest BCUT2D eigenvalue weighted by Gasteiger charge is -2.28. The second-order valence-corrected chi connectivity index (χ2v) is 5.73. The lowest BCUT2D eigenvalue weighted by molar-refractivity contribution is 0.274. The molecule has 0 saturated carbocycles. The van der Waals surface area contributed by atoms with E-state index in [2.05, 4.69) is 24.4 Å². The number of benzene rings is 2. The second kappa shape index (κ2) is 5.74. The van der Waals surface area contributed by atoms with Crippen LogP contribution >= 0.6 is 12.2 Å². The molecule has 0 spiro atoms. The van der Waals surface area contributed by atoms with E-state index in [0.717, 1.165) is 23.4 Å². The number of hydrogen-bond acceptors (Lipinski definition) is 3. The highest BCUT2D eigenvalue weighted by Crippen LogP contribution is 2.34.